The molecule has 0 aromatic carbocycles. The van der Waals surface area contributed by atoms with E-state index in [4.69, 9.17) is 9.84 Å². The Bertz CT molecular complexity index is 140. The number of ether oxygens (including phenoxy) is 1. The Morgan fingerprint density at radius 1 is 1.73 bits per heavy atom. The monoisotopic (exact) mass is 156 g/mol. The number of allylic oxidation sites excluding steroid dienone is 1. The van der Waals surface area contributed by atoms with Crippen LogP contribution in [0.15, 0.2) is 12.0 Å². The zero-order valence-corrected chi connectivity index (χ0v) is 7.05. The van der Waals surface area contributed by atoms with Gasteiger partial charge in [-0.25, -0.2) is 0 Å². The molecule has 2 heteroatoms. The first kappa shape index (κ1) is 8.44. The van der Waals surface area contributed by atoms with Crippen molar-refractivity contribution in [3.63, 3.8) is 0 Å². The van der Waals surface area contributed by atoms with E-state index in [1.807, 2.05) is 0 Å². The molecule has 0 aromatic rings. The van der Waals surface area contributed by atoms with Gasteiger partial charge in [0.2, 0.25) is 0 Å². The molecule has 0 aromatic heterocycles. The smallest absolute Gasteiger partial charge is 0.272 e. The van der Waals surface area contributed by atoms with Crippen LogP contribution in [0.3, 0.4) is 0 Å². The first-order valence-corrected chi connectivity index (χ1v) is 4.38. The van der Waals surface area contributed by atoms with E-state index in [1.165, 1.54) is 12.8 Å². The summed E-state index contributed by atoms with van der Waals surface area (Å²) in [5.74, 6) is 0.123. The van der Waals surface area contributed by atoms with E-state index in [0.29, 0.717) is 0 Å². The molecule has 11 heavy (non-hydrogen) atoms. The van der Waals surface area contributed by atoms with Gasteiger partial charge in [-0.15, -0.1) is 0 Å². The van der Waals surface area contributed by atoms with Crippen molar-refractivity contribution in [3.8, 4) is 0 Å². The summed E-state index contributed by atoms with van der Waals surface area (Å²) in [4.78, 5) is 0. The maximum Gasteiger partial charge on any atom is 0.272 e. The minimum absolute atomic E-state index is 0.123. The van der Waals surface area contributed by atoms with Crippen LogP contribution in [-0.2, 0) is 4.74 Å². The molecule has 0 saturated heterocycles. The molecule has 1 unspecified atom stereocenters. The molecule has 1 heterocycles. The van der Waals surface area contributed by atoms with Crippen molar-refractivity contribution in [1.29, 1.82) is 0 Å². The van der Waals surface area contributed by atoms with Crippen molar-refractivity contribution in [2.45, 2.75) is 45.1 Å². The fourth-order valence-electron chi connectivity index (χ4n) is 1.31. The van der Waals surface area contributed by atoms with Crippen LogP contribution in [0.25, 0.3) is 0 Å². The van der Waals surface area contributed by atoms with Gasteiger partial charge >= 0.3 is 0 Å². The third-order valence-corrected chi connectivity index (χ3v) is 1.97. The molecule has 1 aliphatic rings. The average molecular weight is 156 g/mol. The molecular formula is C9H16O2. The summed E-state index contributed by atoms with van der Waals surface area (Å²) in [7, 11) is 0. The lowest BCUT2D eigenvalue weighted by atomic mass is 10.1. The van der Waals surface area contributed by atoms with Crippen LogP contribution < -0.4 is 0 Å². The molecule has 0 radical (unpaired) electrons. The van der Waals surface area contributed by atoms with Crippen LogP contribution >= 0.6 is 0 Å². The van der Waals surface area contributed by atoms with Gasteiger partial charge in [0.25, 0.3) is 5.95 Å². The number of aliphatic hydroxyl groups is 1. The second kappa shape index (κ2) is 4.27. The van der Waals surface area contributed by atoms with Gasteiger partial charge in [0.15, 0.2) is 0 Å². The number of unbranched alkanes of at least 4 members (excludes halogenated alkanes) is 1. The predicted octanol–water partition coefficient (Wildman–Crippen LogP) is 2.76. The first-order valence-electron chi connectivity index (χ1n) is 4.38. The van der Waals surface area contributed by atoms with Crippen molar-refractivity contribution in [2.75, 3.05) is 0 Å². The van der Waals surface area contributed by atoms with E-state index >= 15 is 0 Å². The normalized spacial score (nSPS) is 24.1. The van der Waals surface area contributed by atoms with Gasteiger partial charge in [0.1, 0.15) is 6.10 Å². The van der Waals surface area contributed by atoms with E-state index in [2.05, 4.69) is 6.92 Å². The fraction of sp³-hybridized carbons (Fsp3) is 0.778. The number of aliphatic hydroxyl groups excluding tert-OH is 1. The third kappa shape index (κ3) is 2.83. The summed E-state index contributed by atoms with van der Waals surface area (Å²) in [6, 6.07) is 0. The molecule has 64 valence electrons. The zero-order chi connectivity index (χ0) is 8.10. The Hall–Kier alpha value is -0.660. The van der Waals surface area contributed by atoms with Crippen molar-refractivity contribution >= 4 is 0 Å². The summed E-state index contributed by atoms with van der Waals surface area (Å²) in [5, 5.41) is 9.02. The highest BCUT2D eigenvalue weighted by Crippen LogP contribution is 2.19. The molecule has 1 aliphatic heterocycles. The summed E-state index contributed by atoms with van der Waals surface area (Å²) in [6.45, 7) is 2.17. The van der Waals surface area contributed by atoms with E-state index in [0.717, 1.165) is 19.3 Å². The Morgan fingerprint density at radius 3 is 3.18 bits per heavy atom. The van der Waals surface area contributed by atoms with Gasteiger partial charge in [-0.2, -0.15) is 0 Å². The van der Waals surface area contributed by atoms with Crippen molar-refractivity contribution < 1.29 is 9.84 Å². The van der Waals surface area contributed by atoms with Gasteiger partial charge in [0, 0.05) is 0 Å². The highest BCUT2D eigenvalue weighted by Gasteiger charge is 2.14. The van der Waals surface area contributed by atoms with Crippen LogP contribution in [0.1, 0.15) is 39.0 Å². The lowest BCUT2D eigenvalue weighted by Crippen LogP contribution is -2.15. The van der Waals surface area contributed by atoms with Crippen LogP contribution in [0, 0.1) is 0 Å². The molecule has 0 amide bonds. The maximum absolute atomic E-state index is 9.02. The van der Waals surface area contributed by atoms with Crippen LogP contribution in [0.2, 0.25) is 0 Å². The summed E-state index contributed by atoms with van der Waals surface area (Å²) < 4.78 is 5.20. The average Bonchev–Trinajstić information content (AvgIpc) is 2.01. The maximum atomic E-state index is 9.02. The minimum Gasteiger partial charge on any atom is -0.481 e. The van der Waals surface area contributed by atoms with Crippen LogP contribution in [0.4, 0.5) is 0 Å². The second-order valence-electron chi connectivity index (χ2n) is 3.00. The van der Waals surface area contributed by atoms with Gasteiger partial charge in [-0.05, 0) is 25.3 Å². The van der Waals surface area contributed by atoms with Crippen LogP contribution in [0.5, 0.6) is 0 Å². The quantitative estimate of drug-likeness (QED) is 0.680. The molecular weight excluding hydrogens is 140 g/mol. The molecule has 1 N–H and O–H groups in total. The van der Waals surface area contributed by atoms with Crippen molar-refractivity contribution in [3.05, 3.63) is 12.0 Å². The molecule has 0 saturated carbocycles. The fourth-order valence-corrected chi connectivity index (χ4v) is 1.31. The minimum atomic E-state index is 0.123. The highest BCUT2D eigenvalue weighted by molar-refractivity contribution is 4.88. The lowest BCUT2D eigenvalue weighted by molar-refractivity contribution is 0.0101. The molecule has 0 spiro atoms. The van der Waals surface area contributed by atoms with Gasteiger partial charge < -0.3 is 9.84 Å². The number of hydrogen-bond donors (Lipinski definition) is 1. The predicted molar refractivity (Wildman–Crippen MR) is 44.3 cm³/mol. The van der Waals surface area contributed by atoms with Crippen LogP contribution in [-0.4, -0.2) is 11.2 Å². The van der Waals surface area contributed by atoms with Gasteiger partial charge in [0.05, 0.1) is 0 Å². The van der Waals surface area contributed by atoms with E-state index in [9.17, 15) is 0 Å². The number of rotatable bonds is 3. The lowest BCUT2D eigenvalue weighted by Gasteiger charge is -2.20. The topological polar surface area (TPSA) is 29.5 Å². The second-order valence-corrected chi connectivity index (χ2v) is 3.00. The molecule has 0 fully saturated rings. The Labute approximate surface area is 67.9 Å². The Balaban J connectivity index is 2.21. The standard InChI is InChI=1S/C9H16O2/c1-2-3-5-8-6-4-7-9(10)11-8/h7-8,10H,2-6H2,1H3. The SMILES string of the molecule is CCCCC1CCC=C(O)O1. The molecule has 0 aliphatic carbocycles. The van der Waals surface area contributed by atoms with E-state index in [-0.39, 0.29) is 12.0 Å². The first-order chi connectivity index (χ1) is 5.33. The Kier molecular flexibility index (Phi) is 3.27. The molecule has 1 rings (SSSR count). The van der Waals surface area contributed by atoms with Gasteiger partial charge in [-0.1, -0.05) is 19.8 Å². The van der Waals surface area contributed by atoms with Crippen molar-refractivity contribution in [2.24, 2.45) is 0 Å². The summed E-state index contributed by atoms with van der Waals surface area (Å²) >= 11 is 0. The summed E-state index contributed by atoms with van der Waals surface area (Å²) in [6.07, 6.45) is 7.49. The Morgan fingerprint density at radius 2 is 2.55 bits per heavy atom. The van der Waals surface area contributed by atoms with E-state index in [1.54, 1.807) is 6.08 Å². The molecule has 1 atom stereocenters. The molecule has 0 bridgehead atoms. The van der Waals surface area contributed by atoms with Gasteiger partial charge in [-0.3, -0.25) is 0 Å². The number of hydrogen-bond acceptors (Lipinski definition) is 2. The highest BCUT2D eigenvalue weighted by atomic mass is 16.6. The molecule has 2 nitrogen and oxygen atoms in total. The van der Waals surface area contributed by atoms with Crippen molar-refractivity contribution in [1.82, 2.24) is 0 Å². The zero-order valence-electron chi connectivity index (χ0n) is 7.05. The third-order valence-electron chi connectivity index (χ3n) is 1.97. The summed E-state index contributed by atoms with van der Waals surface area (Å²) in [5.41, 5.74) is 0. The largest absolute Gasteiger partial charge is 0.481 e. The van der Waals surface area contributed by atoms with E-state index < -0.39 is 0 Å².